The maximum atomic E-state index is 13.0. The minimum absolute atomic E-state index is 0.0365. The van der Waals surface area contributed by atoms with E-state index in [2.05, 4.69) is 5.32 Å². The van der Waals surface area contributed by atoms with Gasteiger partial charge >= 0.3 is 0 Å². The van der Waals surface area contributed by atoms with Crippen LogP contribution in [0.2, 0.25) is 0 Å². The first kappa shape index (κ1) is 28.6. The molecule has 0 atom stereocenters. The van der Waals surface area contributed by atoms with Crippen molar-refractivity contribution in [3.63, 3.8) is 0 Å². The summed E-state index contributed by atoms with van der Waals surface area (Å²) in [6, 6.07) is 19.1. The Morgan fingerprint density at radius 1 is 0.951 bits per heavy atom. The van der Waals surface area contributed by atoms with Gasteiger partial charge in [0.05, 0.1) is 17.2 Å². The first-order valence-corrected chi connectivity index (χ1v) is 15.4. The Hall–Kier alpha value is -3.89. The summed E-state index contributed by atoms with van der Waals surface area (Å²) >= 11 is 0. The fourth-order valence-corrected chi connectivity index (χ4v) is 6.47. The van der Waals surface area contributed by atoms with Gasteiger partial charge in [0.2, 0.25) is 10.0 Å². The molecule has 0 spiro atoms. The van der Waals surface area contributed by atoms with Crippen molar-refractivity contribution in [2.24, 2.45) is 0 Å². The largest absolute Gasteiger partial charge is 0.494 e. The molecular formula is C31H35N3O6S. The zero-order chi connectivity index (χ0) is 28.8. The molecule has 216 valence electrons. The number of fused-ring (bicyclic) bond motifs is 1. The fourth-order valence-electron chi connectivity index (χ4n) is 4.96. The number of piperidine rings is 1. The lowest BCUT2D eigenvalue weighted by Gasteiger charge is -2.30. The van der Waals surface area contributed by atoms with E-state index >= 15 is 0 Å². The number of nitrogens with one attached hydrogen (secondary N) is 1. The number of hydrogen-bond donors (Lipinski definition) is 1. The molecule has 0 saturated carbocycles. The molecule has 0 aromatic heterocycles. The van der Waals surface area contributed by atoms with Gasteiger partial charge in [-0.2, -0.15) is 4.31 Å². The molecule has 0 bridgehead atoms. The van der Waals surface area contributed by atoms with Crippen molar-refractivity contribution in [3.05, 3.63) is 77.9 Å². The molecule has 2 aliphatic heterocycles. The second-order valence-electron chi connectivity index (χ2n) is 10.3. The summed E-state index contributed by atoms with van der Waals surface area (Å²) in [6.45, 7) is 4.08. The van der Waals surface area contributed by atoms with Gasteiger partial charge in [-0.3, -0.25) is 9.59 Å². The molecule has 2 aliphatic rings. The molecule has 3 aromatic carbocycles. The number of carbonyl (C=O) groups is 2. The smallest absolute Gasteiger partial charge is 0.265 e. The summed E-state index contributed by atoms with van der Waals surface area (Å²) in [5.74, 6) is 0.869. The Kier molecular flexibility index (Phi) is 8.90. The fraction of sp³-hybridized carbons (Fsp3) is 0.355. The number of nitrogens with zero attached hydrogens (tertiary/aromatic N) is 2. The zero-order valence-electron chi connectivity index (χ0n) is 23.2. The van der Waals surface area contributed by atoms with Crippen molar-refractivity contribution in [3.8, 4) is 11.5 Å². The lowest BCUT2D eigenvalue weighted by molar-refractivity contribution is -0.121. The average Bonchev–Trinajstić information content (AvgIpc) is 2.99. The van der Waals surface area contributed by atoms with Gasteiger partial charge in [0.1, 0.15) is 11.5 Å². The normalized spacial score (nSPS) is 15.6. The molecule has 3 aromatic rings. The predicted octanol–water partition coefficient (Wildman–Crippen LogP) is 5.01. The van der Waals surface area contributed by atoms with Gasteiger partial charge in [-0.05, 0) is 87.2 Å². The monoisotopic (exact) mass is 577 g/mol. The molecule has 5 rings (SSSR count). The SMILES string of the molecule is Cc1ccc(OCCCCN2C(=O)COc3ccc(NC(=O)c4ccc(S(=O)(=O)N5CCCCC5)cc4)cc32)cc1. The van der Waals surface area contributed by atoms with Crippen LogP contribution >= 0.6 is 0 Å². The van der Waals surface area contributed by atoms with Crippen LogP contribution < -0.4 is 19.7 Å². The standard InChI is InChI=1S/C31H35N3O6S/c1-23-7-12-26(13-8-23)39-20-6-5-19-34-28-21-25(11-16-29(28)40-22-30(34)35)32-31(36)24-9-14-27(15-10-24)41(37,38)33-17-3-2-4-18-33/h7-16,21H,2-6,17-20,22H2,1H3,(H,32,36). The summed E-state index contributed by atoms with van der Waals surface area (Å²) in [5.41, 5.74) is 2.61. The molecule has 9 nitrogen and oxygen atoms in total. The van der Waals surface area contributed by atoms with Gasteiger partial charge < -0.3 is 19.7 Å². The van der Waals surface area contributed by atoms with Crippen LogP contribution in [0.3, 0.4) is 0 Å². The summed E-state index contributed by atoms with van der Waals surface area (Å²) < 4.78 is 38.7. The number of aryl methyl sites for hydroxylation is 1. The molecule has 0 radical (unpaired) electrons. The van der Waals surface area contributed by atoms with Crippen LogP contribution in [0, 0.1) is 6.92 Å². The van der Waals surface area contributed by atoms with Crippen LogP contribution in [0.15, 0.2) is 71.6 Å². The highest BCUT2D eigenvalue weighted by molar-refractivity contribution is 7.89. The number of rotatable bonds is 10. The molecule has 1 saturated heterocycles. The van der Waals surface area contributed by atoms with Gasteiger partial charge in [-0.15, -0.1) is 0 Å². The van der Waals surface area contributed by atoms with E-state index in [-0.39, 0.29) is 23.3 Å². The Morgan fingerprint density at radius 2 is 1.68 bits per heavy atom. The lowest BCUT2D eigenvalue weighted by atomic mass is 10.1. The number of amides is 2. The third kappa shape index (κ3) is 6.89. The van der Waals surface area contributed by atoms with Crippen LogP contribution in [0.4, 0.5) is 11.4 Å². The number of benzene rings is 3. The second kappa shape index (κ2) is 12.7. The van der Waals surface area contributed by atoms with Crippen molar-refractivity contribution >= 4 is 33.2 Å². The topological polar surface area (TPSA) is 105 Å². The summed E-state index contributed by atoms with van der Waals surface area (Å²) in [7, 11) is -3.57. The number of ether oxygens (including phenoxy) is 2. The van der Waals surface area contributed by atoms with E-state index in [4.69, 9.17) is 9.47 Å². The van der Waals surface area contributed by atoms with Crippen molar-refractivity contribution in [1.82, 2.24) is 4.31 Å². The van der Waals surface area contributed by atoms with Crippen LogP contribution in [0.5, 0.6) is 11.5 Å². The highest BCUT2D eigenvalue weighted by Gasteiger charge is 2.27. The summed E-state index contributed by atoms with van der Waals surface area (Å²) in [6.07, 6.45) is 4.26. The summed E-state index contributed by atoms with van der Waals surface area (Å²) in [4.78, 5) is 27.5. The first-order chi connectivity index (χ1) is 19.8. The van der Waals surface area contributed by atoms with E-state index in [9.17, 15) is 18.0 Å². The zero-order valence-corrected chi connectivity index (χ0v) is 24.0. The Labute approximate surface area is 241 Å². The van der Waals surface area contributed by atoms with E-state index in [1.807, 2.05) is 31.2 Å². The average molecular weight is 578 g/mol. The third-order valence-electron chi connectivity index (χ3n) is 7.29. The predicted molar refractivity (Wildman–Crippen MR) is 157 cm³/mol. The van der Waals surface area contributed by atoms with E-state index in [0.717, 1.165) is 37.9 Å². The van der Waals surface area contributed by atoms with Crippen molar-refractivity contribution in [1.29, 1.82) is 0 Å². The molecule has 0 aliphatic carbocycles. The van der Waals surface area contributed by atoms with E-state index < -0.39 is 10.0 Å². The van der Waals surface area contributed by atoms with Crippen molar-refractivity contribution in [2.75, 3.05) is 43.1 Å². The number of unbranched alkanes of at least 4 members (excludes halogenated alkanes) is 1. The molecule has 10 heteroatoms. The molecule has 1 N–H and O–H groups in total. The van der Waals surface area contributed by atoms with Crippen molar-refractivity contribution in [2.45, 2.75) is 43.9 Å². The van der Waals surface area contributed by atoms with Crippen LogP contribution in [-0.4, -0.2) is 57.4 Å². The van der Waals surface area contributed by atoms with Gasteiger partial charge in [0, 0.05) is 30.9 Å². The highest BCUT2D eigenvalue weighted by atomic mass is 32.2. The van der Waals surface area contributed by atoms with Crippen molar-refractivity contribution < 1.29 is 27.5 Å². The lowest BCUT2D eigenvalue weighted by Crippen LogP contribution is -2.39. The molecular weight excluding hydrogens is 542 g/mol. The van der Waals surface area contributed by atoms with Gasteiger partial charge in [0.15, 0.2) is 6.61 Å². The Balaban J connectivity index is 1.19. The first-order valence-electron chi connectivity index (χ1n) is 14.0. The molecule has 1 fully saturated rings. The quantitative estimate of drug-likeness (QED) is 0.340. The molecule has 0 unspecified atom stereocenters. The maximum absolute atomic E-state index is 13.0. The number of carbonyl (C=O) groups excluding carboxylic acids is 2. The highest BCUT2D eigenvalue weighted by Crippen LogP contribution is 2.35. The van der Waals surface area contributed by atoms with Gasteiger partial charge in [0.25, 0.3) is 11.8 Å². The number of anilines is 2. The summed E-state index contributed by atoms with van der Waals surface area (Å²) in [5, 5.41) is 2.85. The van der Waals surface area contributed by atoms with Gasteiger partial charge in [-0.25, -0.2) is 8.42 Å². The Morgan fingerprint density at radius 3 is 2.41 bits per heavy atom. The molecule has 2 heterocycles. The van der Waals surface area contributed by atoms with Gasteiger partial charge in [-0.1, -0.05) is 24.1 Å². The minimum Gasteiger partial charge on any atom is -0.494 e. The Bertz CT molecular complexity index is 1480. The van der Waals surface area contributed by atoms with Crippen LogP contribution in [0.25, 0.3) is 0 Å². The van der Waals surface area contributed by atoms with Crippen LogP contribution in [-0.2, 0) is 14.8 Å². The number of sulfonamides is 1. The minimum atomic E-state index is -3.57. The molecule has 2 amide bonds. The molecule has 41 heavy (non-hydrogen) atoms. The maximum Gasteiger partial charge on any atom is 0.265 e. The second-order valence-corrected chi connectivity index (χ2v) is 12.3. The number of hydrogen-bond acceptors (Lipinski definition) is 6. The van der Waals surface area contributed by atoms with Crippen LogP contribution in [0.1, 0.15) is 48.0 Å². The van der Waals surface area contributed by atoms with E-state index in [1.54, 1.807) is 23.1 Å². The van der Waals surface area contributed by atoms with E-state index in [0.29, 0.717) is 48.9 Å². The third-order valence-corrected chi connectivity index (χ3v) is 9.21. The van der Waals surface area contributed by atoms with E-state index in [1.165, 1.54) is 34.1 Å².